The number of ether oxygens (including phenoxy) is 1. The van der Waals surface area contributed by atoms with Gasteiger partial charge < -0.3 is 14.1 Å². The molecule has 0 atom stereocenters. The molecule has 0 saturated heterocycles. The summed E-state index contributed by atoms with van der Waals surface area (Å²) in [5.41, 5.74) is 0.912. The molecule has 0 bridgehead atoms. The first kappa shape index (κ1) is 19.0. The predicted molar refractivity (Wildman–Crippen MR) is 97.0 cm³/mol. The van der Waals surface area contributed by atoms with Crippen LogP contribution in [0.25, 0.3) is 11.3 Å². The molecule has 1 amide bonds. The largest absolute Gasteiger partial charge is 0.443 e. The minimum absolute atomic E-state index is 0.0829. The number of hydrazine groups is 1. The third-order valence-corrected chi connectivity index (χ3v) is 4.12. The molecule has 0 spiro atoms. The Morgan fingerprint density at radius 1 is 1.30 bits per heavy atom. The Balaban J connectivity index is 1.78. The van der Waals surface area contributed by atoms with Crippen LogP contribution in [-0.2, 0) is 22.6 Å². The Kier molecular flexibility index (Phi) is 5.27. The molecule has 0 fully saturated rings. The lowest BCUT2D eigenvalue weighted by Gasteiger charge is -2.37. The molecule has 0 unspecified atom stereocenters. The maximum absolute atomic E-state index is 13.1. The van der Waals surface area contributed by atoms with E-state index in [1.807, 2.05) is 10.8 Å². The molecular formula is C19H23FN4O3. The summed E-state index contributed by atoms with van der Waals surface area (Å²) in [4.78, 5) is 28.1. The summed E-state index contributed by atoms with van der Waals surface area (Å²) < 4.78 is 20.5. The van der Waals surface area contributed by atoms with Crippen LogP contribution >= 0.6 is 0 Å². The monoisotopic (exact) mass is 374 g/mol. The van der Waals surface area contributed by atoms with E-state index < -0.39 is 11.7 Å². The Bertz CT molecular complexity index is 826. The second-order valence-electron chi connectivity index (χ2n) is 7.36. The van der Waals surface area contributed by atoms with Crippen molar-refractivity contribution in [3.8, 4) is 11.3 Å². The van der Waals surface area contributed by atoms with Gasteiger partial charge in [0.2, 0.25) is 0 Å². The number of carbonyl (C=O) groups excluding carboxylic acids is 2. The van der Waals surface area contributed by atoms with E-state index in [0.29, 0.717) is 25.9 Å². The highest BCUT2D eigenvalue weighted by molar-refractivity contribution is 5.71. The molecule has 3 rings (SSSR count). The van der Waals surface area contributed by atoms with Gasteiger partial charge in [-0.1, -0.05) is 0 Å². The Morgan fingerprint density at radius 2 is 2.00 bits per heavy atom. The van der Waals surface area contributed by atoms with Gasteiger partial charge in [0, 0.05) is 24.8 Å². The molecule has 1 aromatic heterocycles. The molecule has 2 aromatic rings. The fraction of sp³-hybridized carbons (Fsp3) is 0.421. The Labute approximate surface area is 157 Å². The van der Waals surface area contributed by atoms with E-state index in [2.05, 4.69) is 4.98 Å². The van der Waals surface area contributed by atoms with Crippen LogP contribution in [0.2, 0.25) is 0 Å². The number of hydrogen-bond acceptors (Lipinski definition) is 5. The molecule has 0 saturated carbocycles. The number of imidazole rings is 1. The summed E-state index contributed by atoms with van der Waals surface area (Å²) in [6.45, 7) is 6.78. The van der Waals surface area contributed by atoms with E-state index in [4.69, 9.17) is 4.74 Å². The van der Waals surface area contributed by atoms with E-state index in [0.717, 1.165) is 17.1 Å². The first-order valence-corrected chi connectivity index (χ1v) is 8.78. The van der Waals surface area contributed by atoms with Crippen molar-refractivity contribution in [2.24, 2.45) is 0 Å². The quantitative estimate of drug-likeness (QED) is 0.770. The van der Waals surface area contributed by atoms with E-state index in [1.54, 1.807) is 37.9 Å². The van der Waals surface area contributed by atoms with Gasteiger partial charge in [0.05, 0.1) is 18.8 Å². The number of benzene rings is 1. The van der Waals surface area contributed by atoms with Gasteiger partial charge in [-0.3, -0.25) is 0 Å². The van der Waals surface area contributed by atoms with Gasteiger partial charge in [0.15, 0.2) is 0 Å². The fourth-order valence-electron chi connectivity index (χ4n) is 2.90. The summed E-state index contributed by atoms with van der Waals surface area (Å²) in [5, 5.41) is 3.08. The van der Waals surface area contributed by atoms with Gasteiger partial charge in [-0.05, 0) is 45.0 Å². The molecule has 1 aliphatic rings. The second kappa shape index (κ2) is 7.48. The van der Waals surface area contributed by atoms with E-state index >= 15 is 0 Å². The molecule has 27 heavy (non-hydrogen) atoms. The summed E-state index contributed by atoms with van der Waals surface area (Å²) in [6, 6.07) is 6.16. The van der Waals surface area contributed by atoms with Gasteiger partial charge in [-0.15, -0.1) is 0 Å². The lowest BCUT2D eigenvalue weighted by molar-refractivity contribution is -0.116. The fourth-order valence-corrected chi connectivity index (χ4v) is 2.90. The molecule has 1 aliphatic heterocycles. The van der Waals surface area contributed by atoms with E-state index in [1.165, 1.54) is 17.1 Å². The molecule has 2 heterocycles. The van der Waals surface area contributed by atoms with Gasteiger partial charge in [-0.2, -0.15) is 0 Å². The normalized spacial score (nSPS) is 14.5. The maximum Gasteiger partial charge on any atom is 0.425 e. The van der Waals surface area contributed by atoms with Crippen molar-refractivity contribution in [1.82, 2.24) is 19.6 Å². The lowest BCUT2D eigenvalue weighted by atomic mass is 10.2. The molecule has 144 valence electrons. The average molecular weight is 374 g/mol. The predicted octanol–water partition coefficient (Wildman–Crippen LogP) is 2.86. The zero-order valence-corrected chi connectivity index (χ0v) is 15.7. The summed E-state index contributed by atoms with van der Waals surface area (Å²) >= 11 is 0. The van der Waals surface area contributed by atoms with Crippen molar-refractivity contribution in [3.63, 3.8) is 0 Å². The lowest BCUT2D eigenvalue weighted by Crippen LogP contribution is -2.51. The zero-order chi connectivity index (χ0) is 19.6. The number of hydrogen-bond donors (Lipinski definition) is 0. The maximum atomic E-state index is 13.1. The first-order valence-electron chi connectivity index (χ1n) is 8.78. The topological polar surface area (TPSA) is 67.7 Å². The summed E-state index contributed by atoms with van der Waals surface area (Å²) in [6.07, 6.45) is 2.03. The van der Waals surface area contributed by atoms with Crippen molar-refractivity contribution in [3.05, 3.63) is 42.1 Å². The Hall–Kier alpha value is -2.74. The highest BCUT2D eigenvalue weighted by Gasteiger charge is 2.30. The number of fused-ring (bicyclic) bond motifs is 1. The van der Waals surface area contributed by atoms with Crippen molar-refractivity contribution < 1.29 is 18.7 Å². The summed E-state index contributed by atoms with van der Waals surface area (Å²) in [7, 11) is 0. The minimum atomic E-state index is -0.651. The number of amides is 1. The number of nitrogens with zero attached hydrogens (tertiary/aromatic N) is 4. The standard InChI is InChI=1S/C19H23FN4O3/c1-19(2,3)27-18(26)24(10-11-25)23-9-8-22-12-16(21-17(22)13-23)14-4-6-15(20)7-5-14/h4-7,11-12H,8-10,13H2,1-3H3. The van der Waals surface area contributed by atoms with Crippen LogP contribution in [-0.4, -0.2) is 50.6 Å². The van der Waals surface area contributed by atoms with Gasteiger partial charge >= 0.3 is 6.09 Å². The van der Waals surface area contributed by atoms with E-state index in [-0.39, 0.29) is 12.4 Å². The SMILES string of the molecule is CC(C)(C)OC(=O)N(CC=O)N1CCn2cc(-c3ccc(F)cc3)nc2C1. The smallest absolute Gasteiger partial charge is 0.425 e. The molecule has 0 aliphatic carbocycles. The Morgan fingerprint density at radius 3 is 2.63 bits per heavy atom. The number of halogens is 1. The van der Waals surface area contributed by atoms with Crippen LogP contribution in [0, 0.1) is 5.82 Å². The number of rotatable bonds is 4. The van der Waals surface area contributed by atoms with Gasteiger partial charge in [-0.25, -0.2) is 24.2 Å². The van der Waals surface area contributed by atoms with Gasteiger partial charge in [0.25, 0.3) is 0 Å². The summed E-state index contributed by atoms with van der Waals surface area (Å²) in [5.74, 6) is 0.468. The van der Waals surface area contributed by atoms with Crippen LogP contribution in [0.3, 0.4) is 0 Å². The van der Waals surface area contributed by atoms with Crippen LogP contribution in [0.1, 0.15) is 26.6 Å². The van der Waals surface area contributed by atoms with Crippen molar-refractivity contribution in [2.45, 2.75) is 39.5 Å². The first-order chi connectivity index (χ1) is 12.8. The minimum Gasteiger partial charge on any atom is -0.443 e. The van der Waals surface area contributed by atoms with Crippen molar-refractivity contribution >= 4 is 12.4 Å². The highest BCUT2D eigenvalue weighted by atomic mass is 19.1. The van der Waals surface area contributed by atoms with Crippen LogP contribution < -0.4 is 0 Å². The van der Waals surface area contributed by atoms with Crippen molar-refractivity contribution in [1.29, 1.82) is 0 Å². The highest BCUT2D eigenvalue weighted by Crippen LogP contribution is 2.23. The van der Waals surface area contributed by atoms with Crippen molar-refractivity contribution in [2.75, 3.05) is 13.1 Å². The third kappa shape index (κ3) is 4.51. The number of aldehydes is 1. The average Bonchev–Trinajstić information content (AvgIpc) is 3.01. The molecular weight excluding hydrogens is 351 g/mol. The molecule has 7 nitrogen and oxygen atoms in total. The van der Waals surface area contributed by atoms with Crippen LogP contribution in [0.5, 0.6) is 0 Å². The molecule has 0 N–H and O–H groups in total. The number of aromatic nitrogens is 2. The van der Waals surface area contributed by atoms with Crippen LogP contribution in [0.15, 0.2) is 30.5 Å². The van der Waals surface area contributed by atoms with Gasteiger partial charge in [0.1, 0.15) is 23.5 Å². The molecule has 8 heteroatoms. The molecule has 0 radical (unpaired) electrons. The molecule has 1 aromatic carbocycles. The zero-order valence-electron chi connectivity index (χ0n) is 15.7. The third-order valence-electron chi connectivity index (χ3n) is 4.12. The van der Waals surface area contributed by atoms with E-state index in [9.17, 15) is 14.0 Å². The van der Waals surface area contributed by atoms with Crippen LogP contribution in [0.4, 0.5) is 9.18 Å². The second-order valence-corrected chi connectivity index (χ2v) is 7.36. The number of carbonyl (C=O) groups is 2.